The maximum Gasteiger partial charge on any atom is 0.141 e. The summed E-state index contributed by atoms with van der Waals surface area (Å²) in [5.74, 6) is 0. The highest BCUT2D eigenvalue weighted by Gasteiger charge is 2.48. The quantitative estimate of drug-likeness (QED) is 0.524. The van der Waals surface area contributed by atoms with Crippen LogP contribution in [0, 0.1) is 5.41 Å². The van der Waals surface area contributed by atoms with Gasteiger partial charge in [0, 0.05) is 0 Å². The maximum atomic E-state index is 12.5. The van der Waals surface area contributed by atoms with E-state index in [1.54, 1.807) is 0 Å². The average Bonchev–Trinajstić information content (AvgIpc) is 2.89. The molecule has 3 heterocycles. The zero-order valence-corrected chi connectivity index (χ0v) is 18.7. The van der Waals surface area contributed by atoms with Crippen molar-refractivity contribution in [2.24, 2.45) is 5.41 Å². The van der Waals surface area contributed by atoms with E-state index in [1.165, 1.54) is 38.9 Å². The SMILES string of the molecule is OC(c1ccccc1)(c1ccccc1)C(CC12CCN(CC1)CC2)OCc1ccccc1. The van der Waals surface area contributed by atoms with Gasteiger partial charge in [-0.05, 0) is 67.4 Å². The van der Waals surface area contributed by atoms with Crippen molar-refractivity contribution >= 4 is 0 Å². The molecule has 3 aromatic carbocycles. The van der Waals surface area contributed by atoms with Crippen LogP contribution in [0.1, 0.15) is 42.4 Å². The van der Waals surface area contributed by atoms with Crippen molar-refractivity contribution in [3.05, 3.63) is 108 Å². The second-order valence-electron chi connectivity index (χ2n) is 9.58. The lowest BCUT2D eigenvalue weighted by Gasteiger charge is -2.51. The van der Waals surface area contributed by atoms with Crippen LogP contribution < -0.4 is 0 Å². The van der Waals surface area contributed by atoms with Gasteiger partial charge in [0.25, 0.3) is 0 Å². The van der Waals surface area contributed by atoms with E-state index in [0.29, 0.717) is 6.61 Å². The van der Waals surface area contributed by atoms with Crippen molar-refractivity contribution in [3.63, 3.8) is 0 Å². The van der Waals surface area contributed by atoms with Gasteiger partial charge in [-0.2, -0.15) is 0 Å². The van der Waals surface area contributed by atoms with Crippen LogP contribution >= 0.6 is 0 Å². The first-order chi connectivity index (χ1) is 15.7. The van der Waals surface area contributed by atoms with E-state index in [1.807, 2.05) is 78.9 Å². The Morgan fingerprint density at radius 2 is 1.22 bits per heavy atom. The van der Waals surface area contributed by atoms with E-state index >= 15 is 0 Å². The minimum atomic E-state index is -1.21. The molecule has 3 fully saturated rings. The Kier molecular flexibility index (Phi) is 6.14. The molecule has 3 aliphatic rings. The summed E-state index contributed by atoms with van der Waals surface area (Å²) in [6, 6.07) is 30.5. The number of nitrogens with zero attached hydrogens (tertiary/aromatic N) is 1. The van der Waals surface area contributed by atoms with Crippen LogP contribution in [0.2, 0.25) is 0 Å². The normalized spacial score (nSPS) is 23.7. The predicted molar refractivity (Wildman–Crippen MR) is 128 cm³/mol. The molecule has 3 nitrogen and oxygen atoms in total. The van der Waals surface area contributed by atoms with Gasteiger partial charge < -0.3 is 14.7 Å². The molecule has 1 unspecified atom stereocenters. The van der Waals surface area contributed by atoms with Crippen LogP contribution in [0.4, 0.5) is 0 Å². The molecule has 2 bridgehead atoms. The van der Waals surface area contributed by atoms with Gasteiger partial charge >= 0.3 is 0 Å². The Morgan fingerprint density at radius 3 is 1.72 bits per heavy atom. The minimum absolute atomic E-state index is 0.244. The fourth-order valence-corrected chi connectivity index (χ4v) is 5.62. The number of ether oxygens (including phenoxy) is 1. The molecule has 3 heteroatoms. The molecule has 1 N–H and O–H groups in total. The third-order valence-electron chi connectivity index (χ3n) is 7.68. The predicted octanol–water partition coefficient (Wildman–Crippen LogP) is 5.38. The Bertz CT molecular complexity index is 928. The van der Waals surface area contributed by atoms with Crippen molar-refractivity contribution in [2.45, 2.75) is 44.0 Å². The average molecular weight is 428 g/mol. The number of piperidine rings is 3. The second-order valence-corrected chi connectivity index (χ2v) is 9.58. The molecule has 0 aromatic heterocycles. The van der Waals surface area contributed by atoms with Crippen molar-refractivity contribution in [3.8, 4) is 0 Å². The van der Waals surface area contributed by atoms with Gasteiger partial charge in [-0.15, -0.1) is 0 Å². The van der Waals surface area contributed by atoms with E-state index < -0.39 is 5.60 Å². The van der Waals surface area contributed by atoms with E-state index in [-0.39, 0.29) is 11.5 Å². The number of benzene rings is 3. The first-order valence-corrected chi connectivity index (χ1v) is 11.9. The van der Waals surface area contributed by atoms with Gasteiger partial charge in [-0.25, -0.2) is 0 Å². The number of aliphatic hydroxyl groups is 1. The molecular formula is C29H33NO2. The summed E-state index contributed by atoms with van der Waals surface area (Å²) >= 11 is 0. The molecule has 0 spiro atoms. The van der Waals surface area contributed by atoms with E-state index in [2.05, 4.69) is 17.0 Å². The highest BCUT2D eigenvalue weighted by atomic mass is 16.5. The van der Waals surface area contributed by atoms with Crippen molar-refractivity contribution in [1.29, 1.82) is 0 Å². The zero-order chi connectivity index (χ0) is 21.9. The lowest BCUT2D eigenvalue weighted by Crippen LogP contribution is -2.52. The molecule has 3 aliphatic heterocycles. The summed E-state index contributed by atoms with van der Waals surface area (Å²) in [5, 5.41) is 12.5. The summed E-state index contributed by atoms with van der Waals surface area (Å²) in [7, 11) is 0. The van der Waals surface area contributed by atoms with Crippen LogP contribution in [0.3, 0.4) is 0 Å². The van der Waals surface area contributed by atoms with Gasteiger partial charge in [0.15, 0.2) is 0 Å². The first-order valence-electron chi connectivity index (χ1n) is 11.9. The number of hydrogen-bond donors (Lipinski definition) is 1. The van der Waals surface area contributed by atoms with Crippen LogP contribution in [0.15, 0.2) is 91.0 Å². The van der Waals surface area contributed by atoms with Crippen molar-refractivity contribution in [2.75, 3.05) is 19.6 Å². The minimum Gasteiger partial charge on any atom is -0.378 e. The molecule has 1 atom stereocenters. The third kappa shape index (κ3) is 4.25. The molecule has 0 amide bonds. The molecule has 0 aliphatic carbocycles. The lowest BCUT2D eigenvalue weighted by atomic mass is 9.65. The fraction of sp³-hybridized carbons (Fsp3) is 0.379. The number of hydrogen-bond acceptors (Lipinski definition) is 3. The lowest BCUT2D eigenvalue weighted by molar-refractivity contribution is -0.129. The summed E-state index contributed by atoms with van der Waals surface area (Å²) in [5.41, 5.74) is 1.97. The van der Waals surface area contributed by atoms with Crippen molar-refractivity contribution in [1.82, 2.24) is 4.90 Å². The standard InChI is InChI=1S/C29H33NO2/c31-29(25-12-6-2-7-13-25,26-14-8-3-9-15-26)27(32-23-24-10-4-1-5-11-24)22-28-16-19-30(20-17-28)21-18-28/h1-15,27,31H,16-23H2. The third-order valence-corrected chi connectivity index (χ3v) is 7.68. The van der Waals surface area contributed by atoms with Gasteiger partial charge in [-0.1, -0.05) is 91.0 Å². The molecule has 32 heavy (non-hydrogen) atoms. The van der Waals surface area contributed by atoms with Gasteiger partial charge in [0.2, 0.25) is 0 Å². The van der Waals surface area contributed by atoms with Crippen LogP contribution in [0.25, 0.3) is 0 Å². The molecular weight excluding hydrogens is 394 g/mol. The zero-order valence-electron chi connectivity index (χ0n) is 18.7. The summed E-state index contributed by atoms with van der Waals surface area (Å²) < 4.78 is 6.69. The van der Waals surface area contributed by atoms with Gasteiger partial charge in [0.1, 0.15) is 5.60 Å². The van der Waals surface area contributed by atoms with E-state index in [4.69, 9.17) is 4.74 Å². The maximum absolute atomic E-state index is 12.5. The summed E-state index contributed by atoms with van der Waals surface area (Å²) in [4.78, 5) is 2.57. The molecule has 6 rings (SSSR count). The monoisotopic (exact) mass is 427 g/mol. The second kappa shape index (κ2) is 9.19. The van der Waals surface area contributed by atoms with Crippen LogP contribution in [-0.4, -0.2) is 35.7 Å². The first kappa shape index (κ1) is 21.4. The highest BCUT2D eigenvalue weighted by molar-refractivity contribution is 5.38. The number of rotatable bonds is 8. The Hall–Kier alpha value is -2.46. The van der Waals surface area contributed by atoms with Crippen molar-refractivity contribution < 1.29 is 9.84 Å². The Morgan fingerprint density at radius 1 is 0.750 bits per heavy atom. The van der Waals surface area contributed by atoms with E-state index in [9.17, 15) is 5.11 Å². The summed E-state index contributed by atoms with van der Waals surface area (Å²) in [6.45, 7) is 4.00. The van der Waals surface area contributed by atoms with E-state index in [0.717, 1.165) is 23.1 Å². The molecule has 166 valence electrons. The molecule has 3 aromatic rings. The molecule has 0 radical (unpaired) electrons. The fourth-order valence-electron chi connectivity index (χ4n) is 5.62. The van der Waals surface area contributed by atoms with Crippen LogP contribution in [-0.2, 0) is 16.9 Å². The topological polar surface area (TPSA) is 32.7 Å². The highest BCUT2D eigenvalue weighted by Crippen LogP contribution is 2.48. The smallest absolute Gasteiger partial charge is 0.141 e. The Balaban J connectivity index is 1.54. The van der Waals surface area contributed by atoms with Gasteiger partial charge in [0.05, 0.1) is 12.7 Å². The Labute approximate surface area is 191 Å². The van der Waals surface area contributed by atoms with Crippen LogP contribution in [0.5, 0.6) is 0 Å². The summed E-state index contributed by atoms with van der Waals surface area (Å²) in [6.07, 6.45) is 4.11. The number of fused-ring (bicyclic) bond motifs is 3. The molecule has 0 saturated carbocycles. The van der Waals surface area contributed by atoms with Gasteiger partial charge in [-0.3, -0.25) is 0 Å². The molecule has 3 saturated heterocycles. The largest absolute Gasteiger partial charge is 0.378 e.